The van der Waals surface area contributed by atoms with Crippen LogP contribution in [0.1, 0.15) is 21.9 Å². The molecule has 2 N–H and O–H groups in total. The Kier molecular flexibility index (Phi) is 6.99. The van der Waals surface area contributed by atoms with Crippen LogP contribution in [0.4, 0.5) is 0 Å². The lowest BCUT2D eigenvalue weighted by molar-refractivity contribution is 0.0763. The molecule has 0 saturated carbocycles. The van der Waals surface area contributed by atoms with Gasteiger partial charge in [0.2, 0.25) is 0 Å². The molecule has 0 bridgehead atoms. The molecule has 0 radical (unpaired) electrons. The molecular formula is C11H18ClN3OS2. The summed E-state index contributed by atoms with van der Waals surface area (Å²) in [6.45, 7) is 2.28. The SMILES string of the molecule is Cl.NCCc1nc(C(=O)N2CCCSCC2)cs1. The molecule has 4 nitrogen and oxygen atoms in total. The van der Waals surface area contributed by atoms with Crippen LogP contribution in [-0.4, -0.2) is 46.9 Å². The first kappa shape index (κ1) is 15.8. The lowest BCUT2D eigenvalue weighted by Gasteiger charge is -2.18. The number of hydrogen-bond donors (Lipinski definition) is 1. The maximum Gasteiger partial charge on any atom is 0.273 e. The maximum atomic E-state index is 12.2. The van der Waals surface area contributed by atoms with Gasteiger partial charge in [-0.3, -0.25) is 4.79 Å². The minimum Gasteiger partial charge on any atom is -0.336 e. The van der Waals surface area contributed by atoms with Crippen molar-refractivity contribution in [3.05, 3.63) is 16.1 Å². The van der Waals surface area contributed by atoms with Gasteiger partial charge in [-0.25, -0.2) is 4.98 Å². The van der Waals surface area contributed by atoms with E-state index in [1.54, 1.807) is 0 Å². The van der Waals surface area contributed by atoms with E-state index < -0.39 is 0 Å². The van der Waals surface area contributed by atoms with Crippen molar-refractivity contribution >= 4 is 41.4 Å². The van der Waals surface area contributed by atoms with Crippen molar-refractivity contribution in [2.45, 2.75) is 12.8 Å². The zero-order valence-corrected chi connectivity index (χ0v) is 12.6. The Morgan fingerprint density at radius 2 is 2.28 bits per heavy atom. The highest BCUT2D eigenvalue weighted by Gasteiger charge is 2.19. The highest BCUT2D eigenvalue weighted by atomic mass is 35.5. The predicted molar refractivity (Wildman–Crippen MR) is 80.0 cm³/mol. The van der Waals surface area contributed by atoms with Crippen molar-refractivity contribution < 1.29 is 4.79 Å². The van der Waals surface area contributed by atoms with Crippen LogP contribution >= 0.6 is 35.5 Å². The number of aromatic nitrogens is 1. The van der Waals surface area contributed by atoms with Gasteiger partial charge >= 0.3 is 0 Å². The van der Waals surface area contributed by atoms with E-state index >= 15 is 0 Å². The minimum absolute atomic E-state index is 0. The summed E-state index contributed by atoms with van der Waals surface area (Å²) in [4.78, 5) is 18.5. The summed E-state index contributed by atoms with van der Waals surface area (Å²) in [5.41, 5.74) is 6.07. The summed E-state index contributed by atoms with van der Waals surface area (Å²) in [5, 5.41) is 2.81. The smallest absolute Gasteiger partial charge is 0.273 e. The monoisotopic (exact) mass is 307 g/mol. The molecule has 1 amide bonds. The molecule has 0 atom stereocenters. The highest BCUT2D eigenvalue weighted by Crippen LogP contribution is 2.15. The average Bonchev–Trinajstić information content (AvgIpc) is 2.64. The summed E-state index contributed by atoms with van der Waals surface area (Å²) < 4.78 is 0. The molecule has 1 saturated heterocycles. The molecule has 1 aromatic rings. The number of thioether (sulfide) groups is 1. The van der Waals surface area contributed by atoms with Crippen LogP contribution in [0.25, 0.3) is 0 Å². The third-order valence-corrected chi connectivity index (χ3v) is 4.60. The predicted octanol–water partition coefficient (Wildman–Crippen LogP) is 1.65. The van der Waals surface area contributed by atoms with E-state index in [1.807, 2.05) is 22.0 Å². The van der Waals surface area contributed by atoms with E-state index in [2.05, 4.69) is 4.98 Å². The van der Waals surface area contributed by atoms with Gasteiger partial charge in [0, 0.05) is 30.6 Å². The Hall–Kier alpha value is -0.300. The number of carbonyl (C=O) groups is 1. The summed E-state index contributed by atoms with van der Waals surface area (Å²) in [6, 6.07) is 0. The van der Waals surface area contributed by atoms with E-state index in [0.717, 1.165) is 42.4 Å². The Balaban J connectivity index is 0.00000162. The molecule has 1 aliphatic rings. The van der Waals surface area contributed by atoms with Gasteiger partial charge in [-0.1, -0.05) is 0 Å². The van der Waals surface area contributed by atoms with E-state index in [-0.39, 0.29) is 18.3 Å². The largest absolute Gasteiger partial charge is 0.336 e. The second-order valence-electron chi connectivity index (χ2n) is 3.92. The second kappa shape index (κ2) is 7.99. The Labute approximate surface area is 122 Å². The fraction of sp³-hybridized carbons (Fsp3) is 0.636. The topological polar surface area (TPSA) is 59.2 Å². The Morgan fingerprint density at radius 3 is 3.06 bits per heavy atom. The summed E-state index contributed by atoms with van der Waals surface area (Å²) >= 11 is 3.45. The van der Waals surface area contributed by atoms with Crippen molar-refractivity contribution in [3.8, 4) is 0 Å². The molecule has 2 heterocycles. The number of rotatable bonds is 3. The molecule has 0 aromatic carbocycles. The van der Waals surface area contributed by atoms with E-state index in [4.69, 9.17) is 5.73 Å². The van der Waals surface area contributed by atoms with Gasteiger partial charge in [0.25, 0.3) is 5.91 Å². The molecule has 0 spiro atoms. The van der Waals surface area contributed by atoms with Gasteiger partial charge < -0.3 is 10.6 Å². The minimum atomic E-state index is 0. The molecular weight excluding hydrogens is 290 g/mol. The number of halogens is 1. The maximum absolute atomic E-state index is 12.2. The van der Waals surface area contributed by atoms with Crippen LogP contribution in [0, 0.1) is 0 Å². The molecule has 18 heavy (non-hydrogen) atoms. The van der Waals surface area contributed by atoms with Gasteiger partial charge in [0.15, 0.2) is 0 Å². The molecule has 1 fully saturated rings. The van der Waals surface area contributed by atoms with Crippen LogP contribution in [0.5, 0.6) is 0 Å². The molecule has 2 rings (SSSR count). The van der Waals surface area contributed by atoms with Crippen molar-refractivity contribution in [1.82, 2.24) is 9.88 Å². The molecule has 0 unspecified atom stereocenters. The molecule has 102 valence electrons. The first-order valence-corrected chi connectivity index (χ1v) is 7.86. The van der Waals surface area contributed by atoms with Crippen LogP contribution < -0.4 is 5.73 Å². The van der Waals surface area contributed by atoms with Crippen molar-refractivity contribution in [1.29, 1.82) is 0 Å². The fourth-order valence-corrected chi connectivity index (χ4v) is 3.43. The Morgan fingerprint density at radius 1 is 1.44 bits per heavy atom. The second-order valence-corrected chi connectivity index (χ2v) is 6.09. The van der Waals surface area contributed by atoms with Crippen LogP contribution in [0.2, 0.25) is 0 Å². The molecule has 0 aliphatic carbocycles. The van der Waals surface area contributed by atoms with E-state index in [1.165, 1.54) is 11.3 Å². The van der Waals surface area contributed by atoms with Crippen molar-refractivity contribution in [3.63, 3.8) is 0 Å². The lowest BCUT2D eigenvalue weighted by atomic mass is 10.3. The van der Waals surface area contributed by atoms with Gasteiger partial charge in [-0.15, -0.1) is 23.7 Å². The average molecular weight is 308 g/mol. The zero-order chi connectivity index (χ0) is 12.1. The lowest BCUT2D eigenvalue weighted by Crippen LogP contribution is -2.33. The van der Waals surface area contributed by atoms with Gasteiger partial charge in [0.1, 0.15) is 5.69 Å². The zero-order valence-electron chi connectivity index (χ0n) is 10.1. The summed E-state index contributed by atoms with van der Waals surface area (Å²) in [6.07, 6.45) is 1.84. The highest BCUT2D eigenvalue weighted by molar-refractivity contribution is 7.99. The quantitative estimate of drug-likeness (QED) is 0.922. The molecule has 7 heteroatoms. The number of amides is 1. The number of nitrogens with zero attached hydrogens (tertiary/aromatic N) is 2. The van der Waals surface area contributed by atoms with Crippen molar-refractivity contribution in [2.24, 2.45) is 5.73 Å². The van der Waals surface area contributed by atoms with E-state index in [0.29, 0.717) is 12.2 Å². The van der Waals surface area contributed by atoms with Crippen molar-refractivity contribution in [2.75, 3.05) is 31.1 Å². The molecule has 1 aliphatic heterocycles. The number of hydrogen-bond acceptors (Lipinski definition) is 5. The standard InChI is InChI=1S/C11H17N3OS2.ClH/c12-3-2-10-13-9(8-17-10)11(15)14-4-1-6-16-7-5-14;/h8H,1-7,12H2;1H. The normalized spacial score (nSPS) is 15.9. The first-order valence-electron chi connectivity index (χ1n) is 5.83. The van der Waals surface area contributed by atoms with Crippen LogP contribution in [0.3, 0.4) is 0 Å². The number of nitrogens with two attached hydrogens (primary N) is 1. The first-order chi connectivity index (χ1) is 8.31. The summed E-state index contributed by atoms with van der Waals surface area (Å²) in [5.74, 6) is 2.26. The van der Waals surface area contributed by atoms with Crippen LogP contribution in [0.15, 0.2) is 5.38 Å². The number of carbonyl (C=O) groups excluding carboxylic acids is 1. The van der Waals surface area contributed by atoms with Crippen LogP contribution in [-0.2, 0) is 6.42 Å². The third-order valence-electron chi connectivity index (χ3n) is 2.64. The molecule has 1 aromatic heterocycles. The summed E-state index contributed by atoms with van der Waals surface area (Å²) in [7, 11) is 0. The van der Waals surface area contributed by atoms with Gasteiger partial charge in [-0.2, -0.15) is 11.8 Å². The Bertz CT molecular complexity index is 378. The van der Waals surface area contributed by atoms with E-state index in [9.17, 15) is 4.79 Å². The fourth-order valence-electron chi connectivity index (χ4n) is 1.76. The van der Waals surface area contributed by atoms with Gasteiger partial charge in [-0.05, 0) is 18.7 Å². The third kappa shape index (κ3) is 4.12. The van der Waals surface area contributed by atoms with Gasteiger partial charge in [0.05, 0.1) is 5.01 Å². The number of thiazole rings is 1.